The molecule has 1 aliphatic carbocycles. The zero-order chi connectivity index (χ0) is 15.9. The van der Waals surface area contributed by atoms with Crippen molar-refractivity contribution in [2.45, 2.75) is 122 Å². The molecule has 0 heterocycles. The Labute approximate surface area is 140 Å². The molecule has 0 bridgehead atoms. The Balaban J connectivity index is 1.74. The van der Waals surface area contributed by atoms with Crippen LogP contribution in [-0.2, 0) is 0 Å². The van der Waals surface area contributed by atoms with E-state index in [0.717, 1.165) is 0 Å². The van der Waals surface area contributed by atoms with Crippen LogP contribution < -0.4 is 11.1 Å². The van der Waals surface area contributed by atoms with E-state index in [1.54, 1.807) is 0 Å². The third-order valence-corrected chi connectivity index (χ3v) is 5.26. The normalized spacial score (nSPS) is 22.1. The molecule has 1 aliphatic rings. The molecule has 2 heteroatoms. The Bertz CT molecular complexity index is 230. The van der Waals surface area contributed by atoms with Crippen LogP contribution >= 0.6 is 0 Å². The second-order valence-electron chi connectivity index (χ2n) is 7.40. The van der Waals surface area contributed by atoms with Gasteiger partial charge in [0.1, 0.15) is 0 Å². The summed E-state index contributed by atoms with van der Waals surface area (Å²) in [5.74, 6) is 0. The molecule has 2 nitrogen and oxygen atoms in total. The van der Waals surface area contributed by atoms with Crippen LogP contribution in [0.3, 0.4) is 0 Å². The maximum atomic E-state index is 6.16. The number of hydrogen-bond acceptors (Lipinski definition) is 2. The first-order chi connectivity index (χ1) is 10.8. The lowest BCUT2D eigenvalue weighted by Crippen LogP contribution is -2.47. The smallest absolute Gasteiger partial charge is 0.0219 e. The molecule has 22 heavy (non-hydrogen) atoms. The van der Waals surface area contributed by atoms with Crippen LogP contribution in [0.25, 0.3) is 0 Å². The van der Waals surface area contributed by atoms with Crippen molar-refractivity contribution in [3.8, 4) is 0 Å². The van der Waals surface area contributed by atoms with E-state index < -0.39 is 0 Å². The SMILES string of the molecule is CCCCCCCCCCCCCCN[C@@H]1CCCC[C@H]1N. The molecule has 0 unspecified atom stereocenters. The Morgan fingerprint density at radius 2 is 1.23 bits per heavy atom. The van der Waals surface area contributed by atoms with Crippen molar-refractivity contribution in [2.75, 3.05) is 6.54 Å². The van der Waals surface area contributed by atoms with Gasteiger partial charge in [0.05, 0.1) is 0 Å². The maximum absolute atomic E-state index is 6.16. The molecular weight excluding hydrogens is 268 g/mol. The van der Waals surface area contributed by atoms with E-state index in [4.69, 9.17) is 5.73 Å². The van der Waals surface area contributed by atoms with Crippen molar-refractivity contribution in [1.82, 2.24) is 5.32 Å². The summed E-state index contributed by atoms with van der Waals surface area (Å²) in [6.07, 6.45) is 22.3. The summed E-state index contributed by atoms with van der Waals surface area (Å²) in [6, 6.07) is 1.01. The lowest BCUT2D eigenvalue weighted by atomic mass is 9.91. The highest BCUT2D eigenvalue weighted by atomic mass is 14.9. The van der Waals surface area contributed by atoms with Gasteiger partial charge < -0.3 is 11.1 Å². The van der Waals surface area contributed by atoms with Crippen molar-refractivity contribution in [2.24, 2.45) is 5.73 Å². The van der Waals surface area contributed by atoms with Gasteiger partial charge in [0, 0.05) is 12.1 Å². The predicted octanol–water partition coefficient (Wildman–Crippen LogP) is 5.55. The highest BCUT2D eigenvalue weighted by molar-refractivity contribution is 4.83. The van der Waals surface area contributed by atoms with Gasteiger partial charge in [-0.05, 0) is 25.8 Å². The largest absolute Gasteiger partial charge is 0.326 e. The van der Waals surface area contributed by atoms with Gasteiger partial charge in [0.15, 0.2) is 0 Å². The highest BCUT2D eigenvalue weighted by Gasteiger charge is 2.20. The average molecular weight is 311 g/mol. The van der Waals surface area contributed by atoms with E-state index in [0.29, 0.717) is 12.1 Å². The second-order valence-corrected chi connectivity index (χ2v) is 7.40. The number of hydrogen-bond donors (Lipinski definition) is 2. The number of nitrogens with two attached hydrogens (primary N) is 1. The molecule has 1 fully saturated rings. The van der Waals surface area contributed by atoms with E-state index in [1.807, 2.05) is 0 Å². The third kappa shape index (κ3) is 10.6. The molecule has 0 radical (unpaired) electrons. The average Bonchev–Trinajstić information content (AvgIpc) is 2.53. The van der Waals surface area contributed by atoms with E-state index in [2.05, 4.69) is 12.2 Å². The zero-order valence-electron chi connectivity index (χ0n) is 15.3. The maximum Gasteiger partial charge on any atom is 0.0219 e. The minimum Gasteiger partial charge on any atom is -0.326 e. The quantitative estimate of drug-likeness (QED) is 0.413. The van der Waals surface area contributed by atoms with Gasteiger partial charge >= 0.3 is 0 Å². The van der Waals surface area contributed by atoms with Crippen LogP contribution in [0.1, 0.15) is 110 Å². The highest BCUT2D eigenvalue weighted by Crippen LogP contribution is 2.17. The van der Waals surface area contributed by atoms with Crippen LogP contribution in [0, 0.1) is 0 Å². The standard InChI is InChI=1S/C20H42N2/c1-2-3-4-5-6-7-8-9-10-11-12-15-18-22-20-17-14-13-16-19(20)21/h19-20,22H,2-18,21H2,1H3/t19-,20-/m1/s1. The molecule has 0 aliphatic heterocycles. The first kappa shape index (κ1) is 20.0. The first-order valence-corrected chi connectivity index (χ1v) is 10.3. The molecule has 132 valence electrons. The fourth-order valence-electron chi connectivity index (χ4n) is 3.67. The zero-order valence-corrected chi connectivity index (χ0v) is 15.3. The number of nitrogens with one attached hydrogen (secondary N) is 1. The lowest BCUT2D eigenvalue weighted by molar-refractivity contribution is 0.325. The molecule has 1 saturated carbocycles. The van der Waals surface area contributed by atoms with Gasteiger partial charge in [-0.15, -0.1) is 0 Å². The molecular formula is C20H42N2. The Hall–Kier alpha value is -0.0800. The first-order valence-electron chi connectivity index (χ1n) is 10.3. The van der Waals surface area contributed by atoms with Crippen molar-refractivity contribution >= 4 is 0 Å². The summed E-state index contributed by atoms with van der Waals surface area (Å²) in [5, 5.41) is 3.68. The fraction of sp³-hybridized carbons (Fsp3) is 1.00. The minimum absolute atomic E-state index is 0.408. The summed E-state index contributed by atoms with van der Waals surface area (Å²) in [4.78, 5) is 0. The van der Waals surface area contributed by atoms with Gasteiger partial charge in [0.2, 0.25) is 0 Å². The molecule has 3 N–H and O–H groups in total. The van der Waals surface area contributed by atoms with Crippen LogP contribution in [0.15, 0.2) is 0 Å². The van der Waals surface area contributed by atoms with Crippen molar-refractivity contribution < 1.29 is 0 Å². The molecule has 0 aromatic heterocycles. The lowest BCUT2D eigenvalue weighted by Gasteiger charge is -2.29. The second kappa shape index (κ2) is 14.5. The van der Waals surface area contributed by atoms with E-state index in [-0.39, 0.29) is 0 Å². The number of rotatable bonds is 14. The monoisotopic (exact) mass is 310 g/mol. The Morgan fingerprint density at radius 1 is 0.727 bits per heavy atom. The predicted molar refractivity (Wildman–Crippen MR) is 99.3 cm³/mol. The van der Waals surface area contributed by atoms with Gasteiger partial charge in [0.25, 0.3) is 0 Å². The van der Waals surface area contributed by atoms with Gasteiger partial charge in [-0.25, -0.2) is 0 Å². The molecule has 0 aromatic carbocycles. The summed E-state index contributed by atoms with van der Waals surface area (Å²) in [5.41, 5.74) is 6.16. The van der Waals surface area contributed by atoms with Crippen molar-refractivity contribution in [3.63, 3.8) is 0 Å². The molecule has 0 saturated heterocycles. The van der Waals surface area contributed by atoms with Crippen LogP contribution in [0.2, 0.25) is 0 Å². The fourth-order valence-corrected chi connectivity index (χ4v) is 3.67. The topological polar surface area (TPSA) is 38.0 Å². The summed E-state index contributed by atoms with van der Waals surface area (Å²) in [7, 11) is 0. The molecule has 1 rings (SSSR count). The van der Waals surface area contributed by atoms with Crippen LogP contribution in [0.4, 0.5) is 0 Å². The van der Waals surface area contributed by atoms with E-state index in [1.165, 1.54) is 109 Å². The van der Waals surface area contributed by atoms with Gasteiger partial charge in [-0.2, -0.15) is 0 Å². The van der Waals surface area contributed by atoms with Gasteiger partial charge in [-0.1, -0.05) is 90.4 Å². The Morgan fingerprint density at radius 3 is 1.77 bits per heavy atom. The summed E-state index contributed by atoms with van der Waals surface area (Å²) < 4.78 is 0. The van der Waals surface area contributed by atoms with Crippen molar-refractivity contribution in [3.05, 3.63) is 0 Å². The van der Waals surface area contributed by atoms with Gasteiger partial charge in [-0.3, -0.25) is 0 Å². The molecule has 0 aromatic rings. The number of unbranched alkanes of at least 4 members (excludes halogenated alkanes) is 11. The van der Waals surface area contributed by atoms with Crippen LogP contribution in [-0.4, -0.2) is 18.6 Å². The molecule has 2 atom stereocenters. The van der Waals surface area contributed by atoms with E-state index in [9.17, 15) is 0 Å². The molecule has 0 amide bonds. The minimum atomic E-state index is 0.408. The third-order valence-electron chi connectivity index (χ3n) is 5.26. The van der Waals surface area contributed by atoms with E-state index >= 15 is 0 Å². The van der Waals surface area contributed by atoms with Crippen LogP contribution in [0.5, 0.6) is 0 Å². The molecule has 0 spiro atoms. The summed E-state index contributed by atoms with van der Waals surface area (Å²) in [6.45, 7) is 3.47. The Kier molecular flexibility index (Phi) is 13.2. The van der Waals surface area contributed by atoms with Crippen molar-refractivity contribution in [1.29, 1.82) is 0 Å². The summed E-state index contributed by atoms with van der Waals surface area (Å²) >= 11 is 0.